The van der Waals surface area contributed by atoms with E-state index in [1.54, 1.807) is 12.4 Å². The molecule has 2 aromatic heterocycles. The van der Waals surface area contributed by atoms with Crippen molar-refractivity contribution in [2.24, 2.45) is 0 Å². The number of ether oxygens (including phenoxy) is 3. The number of benzene rings is 2. The zero-order valence-corrected chi connectivity index (χ0v) is 29.7. The Balaban J connectivity index is 1.24. The summed E-state index contributed by atoms with van der Waals surface area (Å²) < 4.78 is 54.1. The number of hydrogen-bond donors (Lipinski definition) is 1. The SMILES string of the molecule is Cc1ccc(S(=O)(=O)O)c(CCC2CN(c3cc(-c4c5cc(OC6(C)CC6)ccc5nn4COCC[Si](C)(C)C)ncn3)CCO2)c1. The molecule has 1 aliphatic heterocycles. The van der Waals surface area contributed by atoms with Crippen LogP contribution in [0, 0.1) is 6.92 Å². The van der Waals surface area contributed by atoms with Gasteiger partial charge in [-0.3, -0.25) is 4.55 Å². The molecular formula is C34H45N5O6SSi. The second-order valence-electron chi connectivity index (χ2n) is 14.3. The van der Waals surface area contributed by atoms with E-state index >= 15 is 0 Å². The van der Waals surface area contributed by atoms with E-state index < -0.39 is 18.2 Å². The number of anilines is 1. The van der Waals surface area contributed by atoms with Gasteiger partial charge in [0.2, 0.25) is 0 Å². The molecule has 6 rings (SSSR count). The van der Waals surface area contributed by atoms with Crippen molar-refractivity contribution in [1.29, 1.82) is 0 Å². The van der Waals surface area contributed by atoms with E-state index in [4.69, 9.17) is 24.3 Å². The number of rotatable bonds is 13. The highest BCUT2D eigenvalue weighted by Crippen LogP contribution is 2.41. The van der Waals surface area contributed by atoms with Gasteiger partial charge in [0.25, 0.3) is 10.1 Å². The summed E-state index contributed by atoms with van der Waals surface area (Å²) in [5, 5.41) is 5.85. The van der Waals surface area contributed by atoms with Gasteiger partial charge in [-0.15, -0.1) is 0 Å². The van der Waals surface area contributed by atoms with Crippen molar-refractivity contribution in [2.45, 2.75) is 88.5 Å². The van der Waals surface area contributed by atoms with Gasteiger partial charge in [-0.2, -0.15) is 13.5 Å². The third-order valence-corrected chi connectivity index (χ3v) is 11.5. The number of aromatic nitrogens is 4. The second-order valence-corrected chi connectivity index (χ2v) is 21.3. The molecular weight excluding hydrogens is 635 g/mol. The third kappa shape index (κ3) is 8.38. The Morgan fingerprint density at radius 2 is 1.91 bits per heavy atom. The molecule has 1 atom stereocenters. The molecule has 0 amide bonds. The molecule has 11 nitrogen and oxygen atoms in total. The summed E-state index contributed by atoms with van der Waals surface area (Å²) in [5.74, 6) is 1.59. The van der Waals surface area contributed by atoms with Crippen LogP contribution in [0.4, 0.5) is 5.82 Å². The normalized spacial score (nSPS) is 18.1. The van der Waals surface area contributed by atoms with Crippen LogP contribution in [0.15, 0.2) is 53.7 Å². The molecule has 2 aromatic carbocycles. The summed E-state index contributed by atoms with van der Waals surface area (Å²) >= 11 is 0. The van der Waals surface area contributed by atoms with Crippen LogP contribution in [0.2, 0.25) is 25.7 Å². The maximum absolute atomic E-state index is 12.0. The minimum atomic E-state index is -4.32. The van der Waals surface area contributed by atoms with Crippen molar-refractivity contribution in [3.63, 3.8) is 0 Å². The molecule has 2 aliphatic rings. The van der Waals surface area contributed by atoms with Crippen LogP contribution in [-0.2, 0) is 32.7 Å². The lowest BCUT2D eigenvalue weighted by Crippen LogP contribution is -2.43. The van der Waals surface area contributed by atoms with E-state index in [1.807, 2.05) is 35.9 Å². The number of morpholine rings is 1. The van der Waals surface area contributed by atoms with Crippen LogP contribution >= 0.6 is 0 Å². The Hall–Kier alpha value is -3.36. The van der Waals surface area contributed by atoms with Crippen molar-refractivity contribution in [3.05, 3.63) is 59.9 Å². The van der Waals surface area contributed by atoms with Crippen molar-refractivity contribution < 1.29 is 27.2 Å². The van der Waals surface area contributed by atoms with Gasteiger partial charge < -0.3 is 19.1 Å². The lowest BCUT2D eigenvalue weighted by molar-refractivity contribution is 0.0351. The average Bonchev–Trinajstić information content (AvgIpc) is 3.62. The van der Waals surface area contributed by atoms with Crippen LogP contribution in [-0.4, -0.2) is 78.8 Å². The van der Waals surface area contributed by atoms with Gasteiger partial charge in [-0.1, -0.05) is 37.3 Å². The molecule has 47 heavy (non-hydrogen) atoms. The Morgan fingerprint density at radius 1 is 1.11 bits per heavy atom. The van der Waals surface area contributed by atoms with Crippen LogP contribution in [0.5, 0.6) is 5.75 Å². The Kier molecular flexibility index (Phi) is 9.47. The molecule has 1 unspecified atom stereocenters. The molecule has 252 valence electrons. The molecule has 4 aromatic rings. The van der Waals surface area contributed by atoms with Gasteiger partial charge in [0.1, 0.15) is 30.2 Å². The average molecular weight is 680 g/mol. The lowest BCUT2D eigenvalue weighted by atomic mass is 10.0. The molecule has 2 fully saturated rings. The fraction of sp³-hybridized carbons (Fsp3) is 0.500. The smallest absolute Gasteiger partial charge is 0.294 e. The van der Waals surface area contributed by atoms with Gasteiger partial charge in [-0.25, -0.2) is 14.6 Å². The second kappa shape index (κ2) is 13.3. The van der Waals surface area contributed by atoms with Crippen molar-refractivity contribution in [3.8, 4) is 17.1 Å². The maximum atomic E-state index is 12.0. The zero-order valence-electron chi connectivity index (χ0n) is 27.9. The summed E-state index contributed by atoms with van der Waals surface area (Å²) in [4.78, 5) is 11.5. The van der Waals surface area contributed by atoms with Gasteiger partial charge in [0.05, 0.1) is 34.5 Å². The highest BCUT2D eigenvalue weighted by molar-refractivity contribution is 7.85. The van der Waals surface area contributed by atoms with E-state index in [0.717, 1.165) is 58.3 Å². The Bertz CT molecular complexity index is 1850. The molecule has 3 heterocycles. The zero-order chi connectivity index (χ0) is 33.4. The first-order valence-electron chi connectivity index (χ1n) is 16.3. The summed E-state index contributed by atoms with van der Waals surface area (Å²) in [6.07, 6.45) is 4.58. The van der Waals surface area contributed by atoms with Crippen molar-refractivity contribution >= 4 is 34.9 Å². The molecule has 13 heteroatoms. The van der Waals surface area contributed by atoms with Crippen molar-refractivity contribution in [1.82, 2.24) is 19.7 Å². The van der Waals surface area contributed by atoms with E-state index in [9.17, 15) is 13.0 Å². The molecule has 0 radical (unpaired) electrons. The Morgan fingerprint density at radius 3 is 2.66 bits per heavy atom. The fourth-order valence-corrected chi connectivity index (χ4v) is 7.34. The van der Waals surface area contributed by atoms with Crippen LogP contribution in [0.25, 0.3) is 22.3 Å². The molecule has 1 saturated heterocycles. The predicted octanol–water partition coefficient (Wildman–Crippen LogP) is 6.13. The number of fused-ring (bicyclic) bond motifs is 1. The summed E-state index contributed by atoms with van der Waals surface area (Å²) in [6.45, 7) is 13.8. The van der Waals surface area contributed by atoms with Gasteiger partial charge in [0, 0.05) is 39.2 Å². The summed E-state index contributed by atoms with van der Waals surface area (Å²) in [6, 6.07) is 14.0. The minimum absolute atomic E-state index is 0.0516. The van der Waals surface area contributed by atoms with E-state index in [2.05, 4.69) is 42.5 Å². The Labute approximate surface area is 278 Å². The first-order valence-corrected chi connectivity index (χ1v) is 21.4. The highest BCUT2D eigenvalue weighted by atomic mass is 32.2. The molecule has 0 bridgehead atoms. The van der Waals surface area contributed by atoms with Gasteiger partial charge in [-0.05, 0) is 75.4 Å². The predicted molar refractivity (Wildman–Crippen MR) is 184 cm³/mol. The maximum Gasteiger partial charge on any atom is 0.294 e. The fourth-order valence-electron chi connectivity index (χ4n) is 5.85. The summed E-state index contributed by atoms with van der Waals surface area (Å²) in [5.41, 5.74) is 3.84. The largest absolute Gasteiger partial charge is 0.488 e. The van der Waals surface area contributed by atoms with Crippen molar-refractivity contribution in [2.75, 3.05) is 31.2 Å². The van der Waals surface area contributed by atoms with Gasteiger partial charge in [0.15, 0.2) is 0 Å². The number of aryl methyl sites for hydroxylation is 2. The molecule has 1 aliphatic carbocycles. The van der Waals surface area contributed by atoms with E-state index in [0.29, 0.717) is 51.4 Å². The topological polar surface area (TPSA) is 129 Å². The minimum Gasteiger partial charge on any atom is -0.488 e. The van der Waals surface area contributed by atoms with E-state index in [1.165, 1.54) is 6.07 Å². The third-order valence-electron chi connectivity index (χ3n) is 8.83. The molecule has 1 saturated carbocycles. The summed E-state index contributed by atoms with van der Waals surface area (Å²) in [7, 11) is -5.56. The quantitative estimate of drug-likeness (QED) is 0.100. The number of nitrogens with zero attached hydrogens (tertiary/aromatic N) is 5. The lowest BCUT2D eigenvalue weighted by Gasteiger charge is -2.34. The monoisotopic (exact) mass is 679 g/mol. The van der Waals surface area contributed by atoms with Crippen LogP contribution in [0.3, 0.4) is 0 Å². The number of hydrogen-bond acceptors (Lipinski definition) is 9. The first-order chi connectivity index (χ1) is 22.3. The molecule has 1 N–H and O–H groups in total. The van der Waals surface area contributed by atoms with Gasteiger partial charge >= 0.3 is 0 Å². The van der Waals surface area contributed by atoms with Crippen LogP contribution < -0.4 is 9.64 Å². The first kappa shape index (κ1) is 33.5. The molecule has 0 spiro atoms. The van der Waals surface area contributed by atoms with E-state index in [-0.39, 0.29) is 16.6 Å². The highest BCUT2D eigenvalue weighted by Gasteiger charge is 2.40. The van der Waals surface area contributed by atoms with Crippen LogP contribution in [0.1, 0.15) is 37.3 Å². The standard InChI is InChI=1S/C34H45N5O6SSi/c1-24-6-11-31(46(40,41)42)25(18-24)7-8-27-21-38(14-15-44-27)32-20-30(35-22-36-32)33-28-19-26(45-34(2)12-13-34)9-10-29(28)37-39(33)23-43-16-17-47(3,4)5/h6,9-11,18-20,22,27H,7-8,12-17,21,23H2,1-5H3,(H,40,41,42).